The monoisotopic (exact) mass is 300 g/mol. The highest BCUT2D eigenvalue weighted by Crippen LogP contribution is 2.20. The number of aromatic amines is 1. The molecule has 0 aliphatic rings. The van der Waals surface area contributed by atoms with Crippen molar-refractivity contribution in [3.05, 3.63) is 52.3 Å². The molecular formula is C17H20N2O3. The normalized spacial score (nSPS) is 10.4. The Kier molecular flexibility index (Phi) is 4.65. The molecule has 1 amide bonds. The van der Waals surface area contributed by atoms with E-state index in [4.69, 9.17) is 4.74 Å². The van der Waals surface area contributed by atoms with E-state index < -0.39 is 5.97 Å². The smallest absolute Gasteiger partial charge is 0.355 e. The third-order valence-corrected chi connectivity index (χ3v) is 3.42. The third-order valence-electron chi connectivity index (χ3n) is 3.42. The van der Waals surface area contributed by atoms with Crippen molar-refractivity contribution in [1.29, 1.82) is 0 Å². The van der Waals surface area contributed by atoms with Gasteiger partial charge in [0.05, 0.1) is 12.2 Å². The molecule has 5 nitrogen and oxygen atoms in total. The highest BCUT2D eigenvalue weighted by molar-refractivity contribution is 6.08. The first-order valence-corrected chi connectivity index (χ1v) is 7.18. The summed E-state index contributed by atoms with van der Waals surface area (Å²) in [5.41, 5.74) is 3.83. The van der Waals surface area contributed by atoms with Crippen LogP contribution in [0.25, 0.3) is 0 Å². The fourth-order valence-electron chi connectivity index (χ4n) is 2.41. The Labute approximate surface area is 129 Å². The second kappa shape index (κ2) is 6.47. The van der Waals surface area contributed by atoms with Crippen LogP contribution < -0.4 is 5.32 Å². The summed E-state index contributed by atoms with van der Waals surface area (Å²) in [7, 11) is 0. The van der Waals surface area contributed by atoms with Crippen molar-refractivity contribution in [3.63, 3.8) is 0 Å². The Bertz CT molecular complexity index is 717. The number of benzene rings is 1. The standard InChI is InChI=1S/C17H20N2O3/c1-5-22-17(21)15-11(3)14(12(4)18-15)16(20)19-13-8-6-7-10(2)9-13/h6-9,18H,5H2,1-4H3,(H,19,20). The Balaban J connectivity index is 2.28. The van der Waals surface area contributed by atoms with E-state index in [2.05, 4.69) is 10.3 Å². The Morgan fingerprint density at radius 2 is 1.95 bits per heavy atom. The van der Waals surface area contributed by atoms with Gasteiger partial charge in [-0.3, -0.25) is 4.79 Å². The Morgan fingerprint density at radius 1 is 1.23 bits per heavy atom. The number of ether oxygens (including phenoxy) is 1. The lowest BCUT2D eigenvalue weighted by Gasteiger charge is -2.07. The lowest BCUT2D eigenvalue weighted by Crippen LogP contribution is -2.14. The van der Waals surface area contributed by atoms with Gasteiger partial charge in [0, 0.05) is 11.4 Å². The number of anilines is 1. The van der Waals surface area contributed by atoms with Gasteiger partial charge in [0.2, 0.25) is 0 Å². The maximum atomic E-state index is 12.5. The van der Waals surface area contributed by atoms with Crippen molar-refractivity contribution in [2.75, 3.05) is 11.9 Å². The number of amides is 1. The Morgan fingerprint density at radius 3 is 2.59 bits per heavy atom. The van der Waals surface area contributed by atoms with Crippen LogP contribution in [0, 0.1) is 20.8 Å². The summed E-state index contributed by atoms with van der Waals surface area (Å²) in [5.74, 6) is -0.690. The second-order valence-electron chi connectivity index (χ2n) is 5.17. The maximum Gasteiger partial charge on any atom is 0.355 e. The first kappa shape index (κ1) is 15.8. The third kappa shape index (κ3) is 3.19. The lowest BCUT2D eigenvalue weighted by molar-refractivity contribution is 0.0519. The number of esters is 1. The van der Waals surface area contributed by atoms with Crippen LogP contribution >= 0.6 is 0 Å². The molecule has 5 heteroatoms. The molecule has 0 fully saturated rings. The van der Waals surface area contributed by atoms with E-state index in [0.717, 1.165) is 11.3 Å². The number of carbonyl (C=O) groups excluding carboxylic acids is 2. The first-order valence-electron chi connectivity index (χ1n) is 7.18. The van der Waals surface area contributed by atoms with Crippen molar-refractivity contribution in [2.45, 2.75) is 27.7 Å². The van der Waals surface area contributed by atoms with Crippen LogP contribution in [0.15, 0.2) is 24.3 Å². The van der Waals surface area contributed by atoms with Gasteiger partial charge < -0.3 is 15.0 Å². The number of H-pyrrole nitrogens is 1. The molecule has 0 aliphatic carbocycles. The van der Waals surface area contributed by atoms with Gasteiger partial charge in [-0.15, -0.1) is 0 Å². The second-order valence-corrected chi connectivity index (χ2v) is 5.17. The van der Waals surface area contributed by atoms with E-state index in [-0.39, 0.29) is 5.91 Å². The molecule has 2 rings (SSSR count). The zero-order chi connectivity index (χ0) is 16.3. The minimum Gasteiger partial charge on any atom is -0.461 e. The fourth-order valence-corrected chi connectivity index (χ4v) is 2.41. The maximum absolute atomic E-state index is 12.5. The topological polar surface area (TPSA) is 71.2 Å². The molecule has 0 atom stereocenters. The summed E-state index contributed by atoms with van der Waals surface area (Å²) < 4.78 is 4.99. The highest BCUT2D eigenvalue weighted by atomic mass is 16.5. The van der Waals surface area contributed by atoms with Gasteiger partial charge >= 0.3 is 5.97 Å². The number of aryl methyl sites for hydroxylation is 2. The zero-order valence-electron chi connectivity index (χ0n) is 13.2. The number of carbonyl (C=O) groups is 2. The lowest BCUT2D eigenvalue weighted by atomic mass is 10.1. The summed E-state index contributed by atoms with van der Waals surface area (Å²) in [6.07, 6.45) is 0. The summed E-state index contributed by atoms with van der Waals surface area (Å²) in [5, 5.41) is 2.85. The average molecular weight is 300 g/mol. The molecule has 2 aromatic rings. The van der Waals surface area contributed by atoms with Crippen molar-refractivity contribution < 1.29 is 14.3 Å². The van der Waals surface area contributed by atoms with Crippen molar-refractivity contribution in [1.82, 2.24) is 4.98 Å². The number of rotatable bonds is 4. The van der Waals surface area contributed by atoms with E-state index in [0.29, 0.717) is 29.1 Å². The van der Waals surface area contributed by atoms with Gasteiger partial charge in [-0.05, 0) is 51.0 Å². The van der Waals surface area contributed by atoms with E-state index in [1.54, 1.807) is 20.8 Å². The number of hydrogen-bond acceptors (Lipinski definition) is 3. The average Bonchev–Trinajstić information content (AvgIpc) is 2.74. The minimum absolute atomic E-state index is 0.243. The molecule has 0 bridgehead atoms. The number of hydrogen-bond donors (Lipinski definition) is 2. The van der Waals surface area contributed by atoms with E-state index >= 15 is 0 Å². The quantitative estimate of drug-likeness (QED) is 0.850. The van der Waals surface area contributed by atoms with Crippen LogP contribution in [0.5, 0.6) is 0 Å². The fraction of sp³-hybridized carbons (Fsp3) is 0.294. The first-order chi connectivity index (χ1) is 10.4. The van der Waals surface area contributed by atoms with Gasteiger partial charge in [0.1, 0.15) is 5.69 Å². The van der Waals surface area contributed by atoms with Gasteiger partial charge in [-0.25, -0.2) is 4.79 Å². The molecule has 116 valence electrons. The summed E-state index contributed by atoms with van der Waals surface area (Å²) in [6.45, 7) is 7.50. The van der Waals surface area contributed by atoms with E-state index in [1.165, 1.54) is 0 Å². The highest BCUT2D eigenvalue weighted by Gasteiger charge is 2.22. The van der Waals surface area contributed by atoms with Gasteiger partial charge in [-0.2, -0.15) is 0 Å². The number of aromatic nitrogens is 1. The molecule has 1 aromatic heterocycles. The molecule has 22 heavy (non-hydrogen) atoms. The van der Waals surface area contributed by atoms with Crippen LogP contribution in [0.2, 0.25) is 0 Å². The Hall–Kier alpha value is -2.56. The van der Waals surface area contributed by atoms with E-state index in [9.17, 15) is 9.59 Å². The molecule has 2 N–H and O–H groups in total. The summed E-state index contributed by atoms with van der Waals surface area (Å²) in [4.78, 5) is 27.3. The predicted octanol–water partition coefficient (Wildman–Crippen LogP) is 3.37. The van der Waals surface area contributed by atoms with Crippen molar-refractivity contribution in [3.8, 4) is 0 Å². The molecule has 1 aromatic carbocycles. The molecule has 0 radical (unpaired) electrons. The summed E-state index contributed by atoms with van der Waals surface area (Å²) >= 11 is 0. The SMILES string of the molecule is CCOC(=O)c1[nH]c(C)c(C(=O)Nc2cccc(C)c2)c1C. The van der Waals surface area contributed by atoms with Crippen LogP contribution in [-0.4, -0.2) is 23.5 Å². The molecule has 1 heterocycles. The number of nitrogens with one attached hydrogen (secondary N) is 2. The molecule has 0 unspecified atom stereocenters. The summed E-state index contributed by atoms with van der Waals surface area (Å²) in [6, 6.07) is 7.56. The largest absolute Gasteiger partial charge is 0.461 e. The van der Waals surface area contributed by atoms with Crippen LogP contribution in [0.3, 0.4) is 0 Å². The van der Waals surface area contributed by atoms with Crippen LogP contribution in [-0.2, 0) is 4.74 Å². The predicted molar refractivity (Wildman–Crippen MR) is 85.4 cm³/mol. The zero-order valence-corrected chi connectivity index (χ0v) is 13.2. The minimum atomic E-state index is -0.447. The van der Waals surface area contributed by atoms with Gasteiger partial charge in [-0.1, -0.05) is 12.1 Å². The van der Waals surface area contributed by atoms with Crippen molar-refractivity contribution >= 4 is 17.6 Å². The van der Waals surface area contributed by atoms with E-state index in [1.807, 2.05) is 31.2 Å². The molecule has 0 saturated heterocycles. The van der Waals surface area contributed by atoms with Crippen molar-refractivity contribution in [2.24, 2.45) is 0 Å². The molecule has 0 spiro atoms. The molecular weight excluding hydrogens is 280 g/mol. The molecule has 0 aliphatic heterocycles. The molecule has 0 saturated carbocycles. The van der Waals surface area contributed by atoms with Gasteiger partial charge in [0.25, 0.3) is 5.91 Å². The van der Waals surface area contributed by atoms with Crippen LogP contribution in [0.4, 0.5) is 5.69 Å². The van der Waals surface area contributed by atoms with Gasteiger partial charge in [0.15, 0.2) is 0 Å². The van der Waals surface area contributed by atoms with Crippen LogP contribution in [0.1, 0.15) is 44.6 Å².